The average Bonchev–Trinajstić information content (AvgIpc) is 1.81. The summed E-state index contributed by atoms with van der Waals surface area (Å²) in [6, 6.07) is 0. The largest absolute Gasteiger partial charge is 0.297 e. The second kappa shape index (κ2) is 7.23. The molecule has 1 atom stereocenters. The van der Waals surface area contributed by atoms with E-state index >= 15 is 0 Å². The van der Waals surface area contributed by atoms with Crippen molar-refractivity contribution in [1.82, 2.24) is 5.09 Å². The van der Waals surface area contributed by atoms with Gasteiger partial charge in [-0.3, -0.25) is 10.2 Å². The molecule has 8 heavy (non-hydrogen) atoms. The van der Waals surface area contributed by atoms with Crippen LogP contribution >= 0.6 is 17.8 Å². The van der Waals surface area contributed by atoms with Crippen molar-refractivity contribution in [2.24, 2.45) is 0 Å². The number of hydrogen-bond donors (Lipinski definition) is 2. The van der Waals surface area contributed by atoms with Crippen LogP contribution in [0.3, 0.4) is 0 Å². The van der Waals surface area contributed by atoms with Crippen molar-refractivity contribution in [3.8, 4) is 0 Å². The van der Waals surface area contributed by atoms with E-state index < -0.39 is 0 Å². The summed E-state index contributed by atoms with van der Waals surface area (Å²) in [7, 11) is 3.10. The van der Waals surface area contributed by atoms with Crippen molar-refractivity contribution in [3.05, 3.63) is 12.2 Å². The van der Waals surface area contributed by atoms with E-state index in [9.17, 15) is 0 Å². The van der Waals surface area contributed by atoms with Crippen molar-refractivity contribution in [2.45, 2.75) is 0 Å². The fraction of sp³-hybridized carbons (Fsp3) is 0.500. The number of allylic oxidation sites excluding steroid dienone is 1. The first-order valence-electron chi connectivity index (χ1n) is 2.33. The van der Waals surface area contributed by atoms with Gasteiger partial charge in [0.2, 0.25) is 0 Å². The molecule has 0 radical (unpaired) electrons. The topological polar surface area (TPSA) is 35.9 Å². The van der Waals surface area contributed by atoms with Gasteiger partial charge in [0, 0.05) is 21.1 Å². The maximum atomic E-state index is 6.73. The fourth-order valence-corrected chi connectivity index (χ4v) is 0.669. The van der Waals surface area contributed by atoms with Crippen LogP contribution in [0.25, 0.3) is 0 Å². The summed E-state index contributed by atoms with van der Waals surface area (Å²) in [4.78, 5) is 0. The molecule has 0 aliphatic carbocycles. The first kappa shape index (κ1) is 8.23. The Bertz CT molecular complexity index is 82.1. The Labute approximate surface area is 53.7 Å². The summed E-state index contributed by atoms with van der Waals surface area (Å²) < 4.78 is 0. The van der Waals surface area contributed by atoms with Crippen LogP contribution in [-0.4, -0.2) is 12.7 Å². The third-order valence-corrected chi connectivity index (χ3v) is 1.23. The zero-order chi connectivity index (χ0) is 6.24. The van der Waals surface area contributed by atoms with Crippen LogP contribution < -0.4 is 5.09 Å². The Morgan fingerprint density at radius 3 is 2.88 bits per heavy atom. The summed E-state index contributed by atoms with van der Waals surface area (Å²) in [5, 5.41) is 9.63. The van der Waals surface area contributed by atoms with Gasteiger partial charge in [-0.1, -0.05) is 21.5 Å². The predicted octanol–water partition coefficient (Wildman–Crippen LogP) is 1.63. The molecule has 0 amide bonds. The van der Waals surface area contributed by atoms with Gasteiger partial charge in [-0.05, 0) is 0 Å². The molecule has 0 saturated carbocycles. The van der Waals surface area contributed by atoms with E-state index in [1.54, 1.807) is 0 Å². The molecule has 0 fully saturated rings. The molecule has 0 spiro atoms. The van der Waals surface area contributed by atoms with Gasteiger partial charge in [0.25, 0.3) is 0 Å². The molecule has 0 aromatic rings. The van der Waals surface area contributed by atoms with E-state index in [-0.39, 0.29) is 0 Å². The SMILES string of the molecule is N=PC/C=C/CNP. The highest BCUT2D eigenvalue weighted by atomic mass is 31.1. The van der Waals surface area contributed by atoms with Crippen LogP contribution in [0, 0.1) is 5.16 Å². The molecule has 0 rings (SSSR count). The summed E-state index contributed by atoms with van der Waals surface area (Å²) in [5.41, 5.74) is 0. The molecule has 1 unspecified atom stereocenters. The minimum Gasteiger partial charge on any atom is -0.297 e. The van der Waals surface area contributed by atoms with Crippen molar-refractivity contribution < 1.29 is 0 Å². The molecule has 2 N–H and O–H groups in total. The van der Waals surface area contributed by atoms with Crippen molar-refractivity contribution in [3.63, 3.8) is 0 Å². The highest BCUT2D eigenvalue weighted by molar-refractivity contribution is 7.25. The first-order valence-corrected chi connectivity index (χ1v) is 3.99. The standard InChI is InChI=1S/C4H10N2P2/c5-8-4-2-1-3-6-7/h1-2,5-6H,3-4,7H2/b2-1+. The Morgan fingerprint density at radius 2 is 2.38 bits per heavy atom. The van der Waals surface area contributed by atoms with Crippen molar-refractivity contribution >= 4 is 17.8 Å². The second-order valence-electron chi connectivity index (χ2n) is 1.22. The minimum absolute atomic E-state index is 0.689. The Balaban J connectivity index is 2.94. The van der Waals surface area contributed by atoms with Crippen LogP contribution in [0.2, 0.25) is 0 Å². The highest BCUT2D eigenvalue weighted by Crippen LogP contribution is 1.90. The normalized spacial score (nSPS) is 11.1. The van der Waals surface area contributed by atoms with Gasteiger partial charge < -0.3 is 0 Å². The van der Waals surface area contributed by atoms with E-state index in [1.165, 1.54) is 0 Å². The van der Waals surface area contributed by atoms with E-state index in [0.29, 0.717) is 8.37 Å². The zero-order valence-corrected chi connectivity index (χ0v) is 6.64. The molecule has 0 saturated heterocycles. The van der Waals surface area contributed by atoms with Crippen LogP contribution in [0.15, 0.2) is 12.2 Å². The summed E-state index contributed by atoms with van der Waals surface area (Å²) in [6.07, 6.45) is 4.84. The maximum absolute atomic E-state index is 6.73. The summed E-state index contributed by atoms with van der Waals surface area (Å²) >= 11 is 0. The lowest BCUT2D eigenvalue weighted by molar-refractivity contribution is 1.13. The van der Waals surface area contributed by atoms with Gasteiger partial charge in [0.05, 0.1) is 0 Å². The monoisotopic (exact) mass is 148 g/mol. The van der Waals surface area contributed by atoms with Crippen LogP contribution in [0.5, 0.6) is 0 Å². The number of rotatable bonds is 4. The lowest BCUT2D eigenvalue weighted by Crippen LogP contribution is -1.94. The highest BCUT2D eigenvalue weighted by Gasteiger charge is 1.68. The first-order chi connectivity index (χ1) is 3.91. The fourth-order valence-electron chi connectivity index (χ4n) is 0.279. The molecular formula is C4H10N2P2. The number of nitrogens with one attached hydrogen (secondary N) is 2. The molecule has 0 aliphatic rings. The van der Waals surface area contributed by atoms with Crippen LogP contribution in [-0.2, 0) is 0 Å². The van der Waals surface area contributed by atoms with Crippen LogP contribution in [0.1, 0.15) is 0 Å². The van der Waals surface area contributed by atoms with Gasteiger partial charge >= 0.3 is 0 Å². The molecule has 4 heteroatoms. The minimum atomic E-state index is 0.689. The lowest BCUT2D eigenvalue weighted by atomic mass is 10.5. The number of hydrogen-bond acceptors (Lipinski definition) is 2. The smallest absolute Gasteiger partial charge is 0.0247 e. The van der Waals surface area contributed by atoms with E-state index in [2.05, 4.69) is 14.5 Å². The third kappa shape index (κ3) is 6.23. The van der Waals surface area contributed by atoms with Gasteiger partial charge in [-0.2, -0.15) is 0 Å². The lowest BCUT2D eigenvalue weighted by Gasteiger charge is -1.83. The van der Waals surface area contributed by atoms with Crippen LogP contribution in [0.4, 0.5) is 0 Å². The predicted molar refractivity (Wildman–Crippen MR) is 41.4 cm³/mol. The van der Waals surface area contributed by atoms with E-state index in [0.717, 1.165) is 12.7 Å². The van der Waals surface area contributed by atoms with Crippen molar-refractivity contribution in [1.29, 1.82) is 5.16 Å². The van der Waals surface area contributed by atoms with Gasteiger partial charge in [-0.25, -0.2) is 0 Å². The van der Waals surface area contributed by atoms with Gasteiger partial charge in [0.15, 0.2) is 0 Å². The molecule has 0 heterocycles. The van der Waals surface area contributed by atoms with Gasteiger partial charge in [-0.15, -0.1) is 0 Å². The van der Waals surface area contributed by atoms with E-state index in [4.69, 9.17) is 5.16 Å². The second-order valence-corrected chi connectivity index (χ2v) is 2.31. The molecule has 0 aromatic carbocycles. The molecule has 0 aromatic heterocycles. The quantitative estimate of drug-likeness (QED) is 0.461. The van der Waals surface area contributed by atoms with Gasteiger partial charge in [0.1, 0.15) is 0 Å². The third-order valence-electron chi connectivity index (χ3n) is 0.599. The summed E-state index contributed by atoms with van der Waals surface area (Å²) in [5.74, 6) is 0. The molecule has 0 bridgehead atoms. The molecule has 0 aliphatic heterocycles. The molecule has 2 nitrogen and oxygen atoms in total. The summed E-state index contributed by atoms with van der Waals surface area (Å²) in [6.45, 7) is 0.875. The van der Waals surface area contributed by atoms with Crippen molar-refractivity contribution in [2.75, 3.05) is 12.7 Å². The maximum Gasteiger partial charge on any atom is 0.0247 e. The van der Waals surface area contributed by atoms with E-state index in [1.807, 2.05) is 12.2 Å². The zero-order valence-electron chi connectivity index (χ0n) is 4.59. The average molecular weight is 148 g/mol. The Hall–Kier alpha value is 0.230. The molecular weight excluding hydrogens is 138 g/mol. The Kier molecular flexibility index (Phi) is 7.44. The molecule has 46 valence electrons. The Morgan fingerprint density at radius 1 is 1.62 bits per heavy atom.